The van der Waals surface area contributed by atoms with Crippen molar-refractivity contribution in [3.63, 3.8) is 0 Å². The van der Waals surface area contributed by atoms with Crippen LogP contribution in [0.2, 0.25) is 0 Å². The molecule has 13 heavy (non-hydrogen) atoms. The second-order valence-corrected chi connectivity index (χ2v) is 3.86. The molecule has 1 aromatic heterocycles. The van der Waals surface area contributed by atoms with Gasteiger partial charge in [-0.3, -0.25) is 0 Å². The van der Waals surface area contributed by atoms with E-state index in [1.807, 2.05) is 0 Å². The van der Waals surface area contributed by atoms with Crippen LogP contribution in [0, 0.1) is 10.8 Å². The van der Waals surface area contributed by atoms with Crippen molar-refractivity contribution >= 4 is 22.1 Å². The smallest absolute Gasteiger partial charge is 0.0537 e. The fourth-order valence-electron chi connectivity index (χ4n) is 1.51. The molecule has 2 radical (unpaired) electrons. The Balaban J connectivity index is 2.37. The van der Waals surface area contributed by atoms with Crippen LogP contribution in [0.4, 0.5) is 0 Å². The van der Waals surface area contributed by atoms with E-state index in [9.17, 15) is 0 Å². The van der Waals surface area contributed by atoms with Crippen LogP contribution >= 0.6 is 11.3 Å². The minimum Gasteiger partial charge on any atom is -0.132 e. The number of fused-ring (bicyclic) bond motifs is 1. The van der Waals surface area contributed by atoms with Crippen molar-refractivity contribution in [1.29, 1.82) is 0 Å². The summed E-state index contributed by atoms with van der Waals surface area (Å²) in [5.74, 6) is 0. The lowest BCUT2D eigenvalue weighted by Gasteiger charge is -2.00. The molecule has 0 unspecified atom stereocenters. The van der Waals surface area contributed by atoms with Gasteiger partial charge in [-0.05, 0) is 18.4 Å². The van der Waals surface area contributed by atoms with Crippen molar-refractivity contribution in [2.45, 2.75) is 26.2 Å². The van der Waals surface area contributed by atoms with E-state index >= 15 is 0 Å². The molecule has 0 aliphatic rings. The molecule has 66 valence electrons. The van der Waals surface area contributed by atoms with Gasteiger partial charge in [-0.25, -0.2) is 0 Å². The van der Waals surface area contributed by atoms with E-state index in [1.54, 1.807) is 11.3 Å². The molecule has 0 aliphatic carbocycles. The topological polar surface area (TPSA) is 0 Å². The first-order valence-electron chi connectivity index (χ1n) is 4.71. The number of thiophene rings is 1. The van der Waals surface area contributed by atoms with Gasteiger partial charge in [-0.2, -0.15) is 0 Å². The lowest BCUT2D eigenvalue weighted by Crippen LogP contribution is -1.84. The highest BCUT2D eigenvalue weighted by molar-refractivity contribution is 7.08. The zero-order valence-electron chi connectivity index (χ0n) is 7.76. The molecule has 2 rings (SSSR count). The fraction of sp³-hybridized carbons (Fsp3) is 0.333. The van der Waals surface area contributed by atoms with Gasteiger partial charge in [-0.1, -0.05) is 31.5 Å². The van der Waals surface area contributed by atoms with Gasteiger partial charge < -0.3 is 0 Å². The Morgan fingerprint density at radius 2 is 2.23 bits per heavy atom. The van der Waals surface area contributed by atoms with Crippen LogP contribution in [0.5, 0.6) is 0 Å². The highest BCUT2D eigenvalue weighted by atomic mass is 32.1. The Morgan fingerprint density at radius 3 is 3.08 bits per heavy atom. The average Bonchev–Trinajstić information content (AvgIpc) is 2.62. The van der Waals surface area contributed by atoms with Crippen molar-refractivity contribution < 1.29 is 0 Å². The van der Waals surface area contributed by atoms with E-state index in [2.05, 4.69) is 35.9 Å². The molecule has 0 amide bonds. The monoisotopic (exact) mass is 188 g/mol. The van der Waals surface area contributed by atoms with Crippen LogP contribution in [0.25, 0.3) is 10.8 Å². The van der Waals surface area contributed by atoms with Crippen molar-refractivity contribution in [3.05, 3.63) is 34.5 Å². The Kier molecular flexibility index (Phi) is 2.65. The zero-order valence-corrected chi connectivity index (χ0v) is 8.58. The van der Waals surface area contributed by atoms with E-state index in [0.29, 0.717) is 0 Å². The molecule has 0 spiro atoms. The van der Waals surface area contributed by atoms with Crippen LogP contribution in [-0.2, 0) is 6.42 Å². The predicted molar refractivity (Wildman–Crippen MR) is 58.1 cm³/mol. The van der Waals surface area contributed by atoms with Crippen molar-refractivity contribution in [1.82, 2.24) is 0 Å². The Hall–Kier alpha value is -0.820. The average molecular weight is 188 g/mol. The standard InChI is InChI=1S/C12H12S/c1-2-3-5-10-6-4-7-11-8-13-9-12(10)11/h4,6-7H,2-3,5H2,1H3. The lowest BCUT2D eigenvalue weighted by atomic mass is 10.0. The first-order valence-corrected chi connectivity index (χ1v) is 5.53. The van der Waals surface area contributed by atoms with Crippen LogP contribution in [-0.4, -0.2) is 0 Å². The summed E-state index contributed by atoms with van der Waals surface area (Å²) in [6.45, 7) is 2.23. The third kappa shape index (κ3) is 1.75. The molecule has 0 aliphatic heterocycles. The van der Waals surface area contributed by atoms with Gasteiger partial charge >= 0.3 is 0 Å². The Morgan fingerprint density at radius 1 is 1.31 bits per heavy atom. The molecule has 0 atom stereocenters. The summed E-state index contributed by atoms with van der Waals surface area (Å²) < 4.78 is 0. The summed E-state index contributed by atoms with van der Waals surface area (Å²) in [5, 5.41) is 9.01. The van der Waals surface area contributed by atoms with Gasteiger partial charge in [0, 0.05) is 10.8 Å². The van der Waals surface area contributed by atoms with E-state index < -0.39 is 0 Å². The highest BCUT2D eigenvalue weighted by Gasteiger charge is 2.00. The number of benzene rings is 1. The molecule has 0 saturated carbocycles. The zero-order chi connectivity index (χ0) is 9.10. The number of hydrogen-bond acceptors (Lipinski definition) is 1. The van der Waals surface area contributed by atoms with Crippen molar-refractivity contribution in [2.24, 2.45) is 0 Å². The number of rotatable bonds is 3. The number of aryl methyl sites for hydroxylation is 1. The summed E-state index contributed by atoms with van der Waals surface area (Å²) in [6.07, 6.45) is 3.70. The predicted octanol–water partition coefficient (Wildman–Crippen LogP) is 3.84. The van der Waals surface area contributed by atoms with Crippen LogP contribution in [0.3, 0.4) is 0 Å². The van der Waals surface area contributed by atoms with E-state index in [0.717, 1.165) is 0 Å². The molecule has 1 heterocycles. The van der Waals surface area contributed by atoms with Gasteiger partial charge in [0.1, 0.15) is 0 Å². The van der Waals surface area contributed by atoms with Gasteiger partial charge in [0.05, 0.1) is 10.8 Å². The maximum absolute atomic E-state index is 3.28. The Labute approximate surface area is 83.2 Å². The molecule has 1 aromatic carbocycles. The van der Waals surface area contributed by atoms with Gasteiger partial charge in [0.25, 0.3) is 0 Å². The maximum atomic E-state index is 3.28. The van der Waals surface area contributed by atoms with E-state index in [-0.39, 0.29) is 0 Å². The largest absolute Gasteiger partial charge is 0.132 e. The van der Waals surface area contributed by atoms with Crippen LogP contribution in [0.15, 0.2) is 18.2 Å². The van der Waals surface area contributed by atoms with Crippen molar-refractivity contribution in [2.75, 3.05) is 0 Å². The minimum atomic E-state index is 1.18. The molecule has 0 N–H and O–H groups in total. The maximum Gasteiger partial charge on any atom is 0.0537 e. The van der Waals surface area contributed by atoms with Crippen LogP contribution in [0.1, 0.15) is 25.3 Å². The first kappa shape index (κ1) is 8.76. The number of hydrogen-bond donors (Lipinski definition) is 0. The third-order valence-electron chi connectivity index (χ3n) is 2.26. The molecule has 2 aromatic rings. The SMILES string of the molecule is CCCCc1cccc2[c]s[c]c12. The fourth-order valence-corrected chi connectivity index (χ4v) is 2.19. The molecule has 0 bridgehead atoms. The molecule has 0 fully saturated rings. The van der Waals surface area contributed by atoms with Gasteiger partial charge in [-0.15, -0.1) is 11.3 Å². The van der Waals surface area contributed by atoms with Crippen molar-refractivity contribution in [3.8, 4) is 0 Å². The normalized spacial score (nSPS) is 10.8. The molecular formula is C12H12S. The lowest BCUT2D eigenvalue weighted by molar-refractivity contribution is 0.799. The third-order valence-corrected chi connectivity index (χ3v) is 2.89. The van der Waals surface area contributed by atoms with Gasteiger partial charge in [0.2, 0.25) is 0 Å². The van der Waals surface area contributed by atoms with E-state index in [4.69, 9.17) is 0 Å². The summed E-state index contributed by atoms with van der Waals surface area (Å²) in [4.78, 5) is 0. The summed E-state index contributed by atoms with van der Waals surface area (Å²) >= 11 is 1.55. The molecular weight excluding hydrogens is 176 g/mol. The summed E-state index contributed by atoms with van der Waals surface area (Å²) in [5.41, 5.74) is 1.43. The number of unbranched alkanes of at least 4 members (excludes halogenated alkanes) is 1. The second kappa shape index (κ2) is 3.93. The molecule has 0 saturated heterocycles. The molecule has 0 nitrogen and oxygen atoms in total. The summed E-state index contributed by atoms with van der Waals surface area (Å²) in [7, 11) is 0. The highest BCUT2D eigenvalue weighted by Crippen LogP contribution is 2.22. The Bertz CT molecular complexity index is 387. The first-order chi connectivity index (χ1) is 6.42. The summed E-state index contributed by atoms with van der Waals surface area (Å²) in [6, 6.07) is 6.43. The molecule has 1 heteroatoms. The van der Waals surface area contributed by atoms with Crippen LogP contribution < -0.4 is 0 Å². The van der Waals surface area contributed by atoms with E-state index in [1.165, 1.54) is 35.6 Å². The second-order valence-electron chi connectivity index (χ2n) is 3.25. The van der Waals surface area contributed by atoms with Gasteiger partial charge in [0.15, 0.2) is 0 Å². The minimum absolute atomic E-state index is 1.18. The quantitative estimate of drug-likeness (QED) is 0.686.